The van der Waals surface area contributed by atoms with Crippen molar-refractivity contribution >= 4 is 23.2 Å². The molecule has 0 aliphatic rings. The van der Waals surface area contributed by atoms with Gasteiger partial charge < -0.3 is 10.6 Å². The number of nitrogens with zero attached hydrogens (tertiary/aromatic N) is 1. The minimum absolute atomic E-state index is 0.279. The number of benzene rings is 2. The van der Waals surface area contributed by atoms with Gasteiger partial charge in [-0.3, -0.25) is 4.79 Å². The zero-order valence-corrected chi connectivity index (χ0v) is 12.3. The quantitative estimate of drug-likeness (QED) is 0.832. The lowest BCUT2D eigenvalue weighted by Crippen LogP contribution is -2.28. The molecule has 2 N–H and O–H groups in total. The van der Waals surface area contributed by atoms with Gasteiger partial charge in [-0.1, -0.05) is 11.6 Å². The molecule has 112 valence electrons. The fourth-order valence-corrected chi connectivity index (χ4v) is 2.01. The summed E-state index contributed by atoms with van der Waals surface area (Å²) in [7, 11) is 0. The van der Waals surface area contributed by atoms with E-state index < -0.39 is 0 Å². The fraction of sp³-hybridized carbons (Fsp3) is 0.125. The van der Waals surface area contributed by atoms with Crippen LogP contribution < -0.4 is 10.6 Å². The van der Waals surface area contributed by atoms with E-state index in [4.69, 9.17) is 16.9 Å². The average molecular weight is 318 g/mol. The Hall–Kier alpha value is -2.58. The summed E-state index contributed by atoms with van der Waals surface area (Å²) in [5.41, 5.74) is 1.49. The molecule has 0 fully saturated rings. The average Bonchev–Trinajstić information content (AvgIpc) is 2.53. The Morgan fingerprint density at radius 2 is 1.91 bits per heavy atom. The maximum absolute atomic E-state index is 12.8. The van der Waals surface area contributed by atoms with Gasteiger partial charge >= 0.3 is 0 Å². The number of nitrogens with one attached hydrogen (secondary N) is 2. The minimum Gasteiger partial charge on any atom is -0.382 e. The Bertz CT molecular complexity index is 710. The lowest BCUT2D eigenvalue weighted by Gasteiger charge is -2.09. The molecule has 0 saturated heterocycles. The largest absolute Gasteiger partial charge is 0.382 e. The van der Waals surface area contributed by atoms with E-state index in [2.05, 4.69) is 10.6 Å². The van der Waals surface area contributed by atoms with Gasteiger partial charge in [-0.15, -0.1) is 0 Å². The van der Waals surface area contributed by atoms with Gasteiger partial charge in [0.1, 0.15) is 11.9 Å². The molecule has 1 amide bonds. The molecule has 2 aromatic rings. The molecule has 6 heteroatoms. The summed E-state index contributed by atoms with van der Waals surface area (Å²) >= 11 is 5.81. The Morgan fingerprint density at radius 3 is 2.59 bits per heavy atom. The highest BCUT2D eigenvalue weighted by molar-refractivity contribution is 6.30. The Balaban J connectivity index is 1.83. The van der Waals surface area contributed by atoms with Crippen molar-refractivity contribution in [1.82, 2.24) is 5.32 Å². The molecule has 0 spiro atoms. The Kier molecular flexibility index (Phi) is 5.34. The number of anilines is 1. The van der Waals surface area contributed by atoms with Crippen molar-refractivity contribution in [3.05, 3.63) is 64.4 Å². The predicted molar refractivity (Wildman–Crippen MR) is 83.4 cm³/mol. The molecule has 0 saturated carbocycles. The smallest absolute Gasteiger partial charge is 0.251 e. The summed E-state index contributed by atoms with van der Waals surface area (Å²) in [6, 6.07) is 12.3. The lowest BCUT2D eigenvalue weighted by atomic mass is 10.2. The van der Waals surface area contributed by atoms with Crippen molar-refractivity contribution in [3.8, 4) is 6.07 Å². The van der Waals surface area contributed by atoms with Gasteiger partial charge in [0.25, 0.3) is 5.91 Å². The minimum atomic E-state index is -0.384. The number of hydrogen-bond donors (Lipinski definition) is 2. The van der Waals surface area contributed by atoms with E-state index in [-0.39, 0.29) is 11.7 Å². The second-order valence-corrected chi connectivity index (χ2v) is 4.93. The number of carbonyl (C=O) groups excluding carboxylic acids is 1. The molecule has 2 aromatic carbocycles. The summed E-state index contributed by atoms with van der Waals surface area (Å²) in [4.78, 5) is 11.8. The number of nitriles is 1. The molecule has 0 aliphatic heterocycles. The van der Waals surface area contributed by atoms with Crippen LogP contribution in [0.4, 0.5) is 10.1 Å². The molecule has 2 rings (SSSR count). The van der Waals surface area contributed by atoms with Crippen molar-refractivity contribution in [2.45, 2.75) is 0 Å². The summed E-state index contributed by atoms with van der Waals surface area (Å²) in [6.07, 6.45) is 0. The highest BCUT2D eigenvalue weighted by Gasteiger charge is 2.05. The van der Waals surface area contributed by atoms with E-state index in [0.717, 1.165) is 0 Å². The van der Waals surface area contributed by atoms with Crippen molar-refractivity contribution < 1.29 is 9.18 Å². The van der Waals surface area contributed by atoms with Crippen molar-refractivity contribution in [2.24, 2.45) is 0 Å². The zero-order valence-electron chi connectivity index (χ0n) is 11.6. The molecule has 0 atom stereocenters. The molecule has 0 unspecified atom stereocenters. The van der Waals surface area contributed by atoms with E-state index in [1.165, 1.54) is 24.3 Å². The second-order valence-electron chi connectivity index (χ2n) is 4.49. The van der Waals surface area contributed by atoms with Crippen molar-refractivity contribution in [2.75, 3.05) is 18.4 Å². The number of amides is 1. The predicted octanol–water partition coefficient (Wildman–Crippen LogP) is 3.19. The molecule has 0 aliphatic carbocycles. The fourth-order valence-electron chi connectivity index (χ4n) is 1.84. The second kappa shape index (κ2) is 7.43. The standard InChI is InChI=1S/C16H13ClFN3O/c17-13-3-6-15(12(9-13)10-19)20-7-8-21-16(22)11-1-4-14(18)5-2-11/h1-6,9,20H,7-8H2,(H,21,22). The normalized spacial score (nSPS) is 9.86. The van der Waals surface area contributed by atoms with Crippen LogP contribution in [0.2, 0.25) is 5.02 Å². The number of hydrogen-bond acceptors (Lipinski definition) is 3. The first-order chi connectivity index (χ1) is 10.6. The third-order valence-corrected chi connectivity index (χ3v) is 3.17. The Morgan fingerprint density at radius 1 is 1.18 bits per heavy atom. The summed E-state index contributed by atoms with van der Waals surface area (Å²) < 4.78 is 12.8. The van der Waals surface area contributed by atoms with Gasteiger partial charge in [0.2, 0.25) is 0 Å². The highest BCUT2D eigenvalue weighted by atomic mass is 35.5. The van der Waals surface area contributed by atoms with Gasteiger partial charge in [-0.05, 0) is 42.5 Å². The first-order valence-electron chi connectivity index (χ1n) is 6.57. The van der Waals surface area contributed by atoms with Gasteiger partial charge in [0.15, 0.2) is 0 Å². The van der Waals surface area contributed by atoms with Crippen LogP contribution in [0.15, 0.2) is 42.5 Å². The van der Waals surface area contributed by atoms with E-state index in [1.807, 2.05) is 6.07 Å². The first-order valence-corrected chi connectivity index (χ1v) is 6.95. The van der Waals surface area contributed by atoms with Crippen LogP contribution >= 0.6 is 11.6 Å². The number of halogens is 2. The summed E-state index contributed by atoms with van der Waals surface area (Å²) in [6.45, 7) is 0.812. The van der Waals surface area contributed by atoms with Gasteiger partial charge in [-0.2, -0.15) is 5.26 Å². The van der Waals surface area contributed by atoms with Gasteiger partial charge in [-0.25, -0.2) is 4.39 Å². The van der Waals surface area contributed by atoms with Crippen LogP contribution in [0.25, 0.3) is 0 Å². The molecule has 0 radical (unpaired) electrons. The van der Waals surface area contributed by atoms with Crippen LogP contribution in [0, 0.1) is 17.1 Å². The highest BCUT2D eigenvalue weighted by Crippen LogP contribution is 2.19. The molecule has 0 aromatic heterocycles. The SMILES string of the molecule is N#Cc1cc(Cl)ccc1NCCNC(=O)c1ccc(F)cc1. The molecule has 4 nitrogen and oxygen atoms in total. The molecular weight excluding hydrogens is 305 g/mol. The molecule has 22 heavy (non-hydrogen) atoms. The van der Waals surface area contributed by atoms with Crippen molar-refractivity contribution in [1.29, 1.82) is 5.26 Å². The zero-order chi connectivity index (χ0) is 15.9. The third kappa shape index (κ3) is 4.21. The first kappa shape index (κ1) is 15.8. The maximum atomic E-state index is 12.8. The van der Waals surface area contributed by atoms with Crippen LogP contribution in [-0.4, -0.2) is 19.0 Å². The topological polar surface area (TPSA) is 64.9 Å². The number of carbonyl (C=O) groups is 1. The summed E-state index contributed by atoms with van der Waals surface area (Å²) in [5.74, 6) is -0.664. The van der Waals surface area contributed by atoms with Crippen LogP contribution in [-0.2, 0) is 0 Å². The van der Waals surface area contributed by atoms with Crippen molar-refractivity contribution in [3.63, 3.8) is 0 Å². The molecular formula is C16H13ClFN3O. The van der Waals surface area contributed by atoms with E-state index >= 15 is 0 Å². The monoisotopic (exact) mass is 317 g/mol. The van der Waals surface area contributed by atoms with E-state index in [0.29, 0.717) is 34.9 Å². The van der Waals surface area contributed by atoms with Gasteiger partial charge in [0, 0.05) is 23.7 Å². The maximum Gasteiger partial charge on any atom is 0.251 e. The van der Waals surface area contributed by atoms with E-state index in [1.54, 1.807) is 18.2 Å². The Labute approximate surface area is 132 Å². The third-order valence-electron chi connectivity index (χ3n) is 2.93. The molecule has 0 heterocycles. The van der Waals surface area contributed by atoms with Crippen LogP contribution in [0.3, 0.4) is 0 Å². The molecule has 0 bridgehead atoms. The van der Waals surface area contributed by atoms with Crippen LogP contribution in [0.1, 0.15) is 15.9 Å². The summed E-state index contributed by atoms with van der Waals surface area (Å²) in [5, 5.41) is 15.3. The van der Waals surface area contributed by atoms with Crippen LogP contribution in [0.5, 0.6) is 0 Å². The van der Waals surface area contributed by atoms with Gasteiger partial charge in [0.05, 0.1) is 11.3 Å². The number of rotatable bonds is 5. The lowest BCUT2D eigenvalue weighted by molar-refractivity contribution is 0.0955. The van der Waals surface area contributed by atoms with E-state index in [9.17, 15) is 9.18 Å².